The molecular formula is C21H23N5O4S. The first kappa shape index (κ1) is 22.2. The third-order valence-corrected chi connectivity index (χ3v) is 5.01. The van der Waals surface area contributed by atoms with Crippen LogP contribution >= 0.6 is 11.3 Å². The summed E-state index contributed by atoms with van der Waals surface area (Å²) in [7, 11) is 1.79. The zero-order valence-corrected chi connectivity index (χ0v) is 18.2. The van der Waals surface area contributed by atoms with Gasteiger partial charge >= 0.3 is 5.97 Å². The lowest BCUT2D eigenvalue weighted by Crippen LogP contribution is -2.29. The van der Waals surface area contributed by atoms with Crippen molar-refractivity contribution in [2.75, 3.05) is 18.5 Å². The van der Waals surface area contributed by atoms with Crippen LogP contribution in [-0.2, 0) is 16.6 Å². The number of rotatable bonds is 8. The molecular weight excluding hydrogens is 418 g/mol. The molecule has 0 saturated carbocycles. The minimum absolute atomic E-state index is 0.116. The van der Waals surface area contributed by atoms with Crippen molar-refractivity contribution >= 4 is 34.8 Å². The van der Waals surface area contributed by atoms with E-state index in [1.165, 1.54) is 11.3 Å². The summed E-state index contributed by atoms with van der Waals surface area (Å²) in [5.41, 5.74) is 1.59. The van der Waals surface area contributed by atoms with E-state index in [1.54, 1.807) is 53.8 Å². The Morgan fingerprint density at radius 1 is 1.23 bits per heavy atom. The Balaban J connectivity index is 1.56. The average Bonchev–Trinajstić information content (AvgIpc) is 3.40. The van der Waals surface area contributed by atoms with Gasteiger partial charge in [-0.15, -0.1) is 11.3 Å². The van der Waals surface area contributed by atoms with Crippen LogP contribution in [0.4, 0.5) is 5.69 Å². The van der Waals surface area contributed by atoms with E-state index in [9.17, 15) is 14.4 Å². The lowest BCUT2D eigenvalue weighted by molar-refractivity contribution is -0.119. The van der Waals surface area contributed by atoms with E-state index < -0.39 is 18.5 Å². The molecule has 2 heterocycles. The first-order chi connectivity index (χ1) is 14.8. The van der Waals surface area contributed by atoms with Crippen molar-refractivity contribution < 1.29 is 19.1 Å². The maximum Gasteiger partial charge on any atom is 0.358 e. The highest BCUT2D eigenvalue weighted by Crippen LogP contribution is 2.23. The number of hydrogen-bond donors (Lipinski definition) is 2. The number of aryl methyl sites for hydroxylation is 1. The molecule has 9 nitrogen and oxygen atoms in total. The fourth-order valence-corrected chi connectivity index (χ4v) is 3.37. The Bertz CT molecular complexity index is 1090. The monoisotopic (exact) mass is 441 g/mol. The number of benzene rings is 1. The summed E-state index contributed by atoms with van der Waals surface area (Å²) in [5, 5.41) is 11.7. The first-order valence-corrected chi connectivity index (χ1v) is 10.5. The van der Waals surface area contributed by atoms with Gasteiger partial charge in [0.15, 0.2) is 12.3 Å². The van der Waals surface area contributed by atoms with Crippen molar-refractivity contribution in [2.45, 2.75) is 13.8 Å². The Labute approximate surface area is 183 Å². The molecule has 0 aliphatic carbocycles. The van der Waals surface area contributed by atoms with Crippen LogP contribution in [0.3, 0.4) is 0 Å². The number of hydrogen-bond acceptors (Lipinski definition) is 7. The minimum Gasteiger partial charge on any atom is -0.451 e. The number of para-hydroxylation sites is 1. The topological polar surface area (TPSA) is 115 Å². The lowest BCUT2D eigenvalue weighted by Gasteiger charge is -2.12. The van der Waals surface area contributed by atoms with Gasteiger partial charge in [-0.05, 0) is 18.1 Å². The number of anilines is 1. The van der Waals surface area contributed by atoms with Crippen LogP contribution in [0.5, 0.6) is 0 Å². The summed E-state index contributed by atoms with van der Waals surface area (Å²) < 4.78 is 6.71. The number of esters is 1. The molecule has 3 rings (SSSR count). The predicted octanol–water partition coefficient (Wildman–Crippen LogP) is 2.72. The van der Waals surface area contributed by atoms with Crippen LogP contribution in [0.25, 0.3) is 10.6 Å². The van der Waals surface area contributed by atoms with Crippen LogP contribution < -0.4 is 10.6 Å². The van der Waals surface area contributed by atoms with Crippen LogP contribution in [0.2, 0.25) is 0 Å². The predicted molar refractivity (Wildman–Crippen MR) is 117 cm³/mol. The summed E-state index contributed by atoms with van der Waals surface area (Å²) in [5.74, 6) is -1.24. The molecule has 10 heteroatoms. The third-order valence-electron chi connectivity index (χ3n) is 4.12. The van der Waals surface area contributed by atoms with Crippen molar-refractivity contribution in [3.63, 3.8) is 0 Å². The van der Waals surface area contributed by atoms with Crippen molar-refractivity contribution in [2.24, 2.45) is 13.0 Å². The molecule has 0 aliphatic rings. The molecule has 0 spiro atoms. The smallest absolute Gasteiger partial charge is 0.358 e. The van der Waals surface area contributed by atoms with E-state index in [0.717, 1.165) is 5.56 Å². The molecule has 2 amide bonds. The molecule has 3 aromatic rings. The van der Waals surface area contributed by atoms with Crippen molar-refractivity contribution in [3.8, 4) is 10.6 Å². The number of thiazole rings is 1. The Morgan fingerprint density at radius 2 is 2.00 bits per heavy atom. The van der Waals surface area contributed by atoms with Crippen LogP contribution in [0.1, 0.15) is 34.7 Å². The highest BCUT2D eigenvalue weighted by atomic mass is 32.1. The molecule has 162 valence electrons. The molecule has 0 bridgehead atoms. The highest BCUT2D eigenvalue weighted by Gasteiger charge is 2.17. The average molecular weight is 442 g/mol. The van der Waals surface area contributed by atoms with Crippen LogP contribution in [0, 0.1) is 5.92 Å². The van der Waals surface area contributed by atoms with E-state index in [1.807, 2.05) is 13.8 Å². The second kappa shape index (κ2) is 9.98. The molecule has 0 radical (unpaired) electrons. The normalized spacial score (nSPS) is 10.7. The summed E-state index contributed by atoms with van der Waals surface area (Å²) in [6.07, 6.45) is 3.44. The maximum absolute atomic E-state index is 12.4. The minimum atomic E-state index is -0.704. The summed E-state index contributed by atoms with van der Waals surface area (Å²) in [6, 6.07) is 6.65. The first-order valence-electron chi connectivity index (χ1n) is 9.62. The van der Waals surface area contributed by atoms with Gasteiger partial charge in [0, 0.05) is 30.7 Å². The molecule has 1 aromatic carbocycles. The Kier molecular flexibility index (Phi) is 7.14. The fourth-order valence-electron chi connectivity index (χ4n) is 2.61. The largest absolute Gasteiger partial charge is 0.451 e. The summed E-state index contributed by atoms with van der Waals surface area (Å²) in [4.78, 5) is 41.1. The number of carbonyl (C=O) groups is 3. The quantitative estimate of drug-likeness (QED) is 0.520. The van der Waals surface area contributed by atoms with E-state index >= 15 is 0 Å². The fraction of sp³-hybridized carbons (Fsp3) is 0.286. The number of nitrogens with zero attached hydrogens (tertiary/aromatic N) is 3. The van der Waals surface area contributed by atoms with E-state index in [0.29, 0.717) is 28.7 Å². The van der Waals surface area contributed by atoms with Crippen molar-refractivity contribution in [1.29, 1.82) is 0 Å². The van der Waals surface area contributed by atoms with E-state index in [4.69, 9.17) is 4.74 Å². The van der Waals surface area contributed by atoms with Gasteiger partial charge in [-0.2, -0.15) is 5.10 Å². The van der Waals surface area contributed by atoms with Crippen molar-refractivity contribution in [1.82, 2.24) is 20.1 Å². The second-order valence-electron chi connectivity index (χ2n) is 7.21. The van der Waals surface area contributed by atoms with E-state index in [-0.39, 0.29) is 11.6 Å². The van der Waals surface area contributed by atoms with Gasteiger partial charge in [-0.3, -0.25) is 14.3 Å². The van der Waals surface area contributed by atoms with Gasteiger partial charge in [0.1, 0.15) is 5.01 Å². The van der Waals surface area contributed by atoms with Crippen LogP contribution in [0.15, 0.2) is 42.0 Å². The van der Waals surface area contributed by atoms with E-state index in [2.05, 4.69) is 20.7 Å². The number of ether oxygens (including phenoxy) is 1. The molecule has 31 heavy (non-hydrogen) atoms. The molecule has 0 saturated heterocycles. The standard InChI is InChI=1S/C21H23N5O4S/c1-13(2)8-22-19(28)15-6-4-5-7-16(15)24-18(27)11-30-21(29)17-12-31-20(25-17)14-9-23-26(3)10-14/h4-7,9-10,12-13H,8,11H2,1-3H3,(H,22,28)(H,24,27). The molecule has 0 fully saturated rings. The summed E-state index contributed by atoms with van der Waals surface area (Å²) >= 11 is 1.28. The number of amides is 2. The SMILES string of the molecule is CC(C)CNC(=O)c1ccccc1NC(=O)COC(=O)c1csc(-c2cnn(C)c2)n1. The number of aromatic nitrogens is 3. The second-order valence-corrected chi connectivity index (χ2v) is 8.07. The summed E-state index contributed by atoms with van der Waals surface area (Å²) in [6.45, 7) is 4.00. The molecule has 0 unspecified atom stereocenters. The number of nitrogens with one attached hydrogen (secondary N) is 2. The van der Waals surface area contributed by atoms with Gasteiger partial charge < -0.3 is 15.4 Å². The highest BCUT2D eigenvalue weighted by molar-refractivity contribution is 7.13. The Hall–Kier alpha value is -3.53. The zero-order valence-electron chi connectivity index (χ0n) is 17.4. The number of carbonyl (C=O) groups excluding carboxylic acids is 3. The molecule has 0 atom stereocenters. The van der Waals surface area contributed by atoms with Gasteiger partial charge in [0.05, 0.1) is 17.4 Å². The van der Waals surface area contributed by atoms with Gasteiger partial charge in [0.2, 0.25) is 0 Å². The van der Waals surface area contributed by atoms with Gasteiger partial charge in [-0.25, -0.2) is 9.78 Å². The maximum atomic E-state index is 12.4. The molecule has 2 aromatic heterocycles. The molecule has 2 N–H and O–H groups in total. The Morgan fingerprint density at radius 3 is 2.71 bits per heavy atom. The third kappa shape index (κ3) is 5.98. The lowest BCUT2D eigenvalue weighted by atomic mass is 10.1. The van der Waals surface area contributed by atoms with Crippen molar-refractivity contribution in [3.05, 3.63) is 53.3 Å². The molecule has 0 aliphatic heterocycles. The zero-order chi connectivity index (χ0) is 22.4. The van der Waals surface area contributed by atoms with Crippen LogP contribution in [-0.4, -0.2) is 45.7 Å². The van der Waals surface area contributed by atoms with Gasteiger partial charge in [0.25, 0.3) is 11.8 Å². The van der Waals surface area contributed by atoms with Gasteiger partial charge in [-0.1, -0.05) is 26.0 Å².